The number of carbonyl (C=O) groups is 4. The van der Waals surface area contributed by atoms with Crippen LogP contribution in [-0.4, -0.2) is 93.4 Å². The predicted octanol–water partition coefficient (Wildman–Crippen LogP) is 0.993. The molecule has 202 valence electrons. The molecule has 0 aromatic carbocycles. The first-order chi connectivity index (χ1) is 16.4. The number of carboxylic acid groups (broad SMARTS) is 1. The Morgan fingerprint density at radius 1 is 0.886 bits per heavy atom. The average Bonchev–Trinajstić information content (AvgIpc) is 2.74. The van der Waals surface area contributed by atoms with Gasteiger partial charge in [0.1, 0.15) is 18.2 Å². The van der Waals surface area contributed by atoms with Crippen LogP contribution in [0.4, 0.5) is 4.79 Å². The highest BCUT2D eigenvalue weighted by Gasteiger charge is 2.23. The fourth-order valence-corrected chi connectivity index (χ4v) is 2.45. The van der Waals surface area contributed by atoms with Crippen molar-refractivity contribution in [3.8, 4) is 0 Å². The topological polar surface area (TPSA) is 162 Å². The number of ether oxygens (including phenoxy) is 4. The van der Waals surface area contributed by atoms with Crippen LogP contribution in [-0.2, 0) is 33.3 Å². The lowest BCUT2D eigenvalue weighted by atomic mass is 10.1. The lowest BCUT2D eigenvalue weighted by Crippen LogP contribution is -2.43. The van der Waals surface area contributed by atoms with Gasteiger partial charge in [0.2, 0.25) is 11.8 Å². The molecule has 0 aliphatic carbocycles. The molecule has 0 bridgehead atoms. The van der Waals surface area contributed by atoms with Gasteiger partial charge in [-0.2, -0.15) is 0 Å². The molecule has 0 heterocycles. The van der Waals surface area contributed by atoms with Gasteiger partial charge in [-0.15, -0.1) is 0 Å². The Morgan fingerprint density at radius 2 is 1.49 bits per heavy atom. The van der Waals surface area contributed by atoms with Crippen LogP contribution in [0.3, 0.4) is 0 Å². The molecular weight excluding hydrogens is 462 g/mol. The van der Waals surface area contributed by atoms with Crippen LogP contribution in [0.1, 0.15) is 47.0 Å². The van der Waals surface area contributed by atoms with E-state index in [1.807, 2.05) is 0 Å². The van der Waals surface area contributed by atoms with Gasteiger partial charge in [0.05, 0.1) is 33.0 Å². The number of carboxylic acids is 1. The summed E-state index contributed by atoms with van der Waals surface area (Å²) in [6, 6.07) is -1.06. The molecule has 0 saturated carbocycles. The SMILES string of the molecule is C=C(C)C(=O)NCCOCCOCCOCC(=O)NCCCCC(NC(=O)OC(C)(C)C)C(=O)O. The van der Waals surface area contributed by atoms with Crippen molar-refractivity contribution in [3.05, 3.63) is 12.2 Å². The van der Waals surface area contributed by atoms with Crippen LogP contribution < -0.4 is 16.0 Å². The summed E-state index contributed by atoms with van der Waals surface area (Å²) in [7, 11) is 0. The van der Waals surface area contributed by atoms with E-state index in [0.717, 1.165) is 0 Å². The van der Waals surface area contributed by atoms with Crippen molar-refractivity contribution in [2.24, 2.45) is 0 Å². The van der Waals surface area contributed by atoms with E-state index in [0.29, 0.717) is 57.9 Å². The predicted molar refractivity (Wildman–Crippen MR) is 128 cm³/mol. The van der Waals surface area contributed by atoms with Crippen LogP contribution in [0.2, 0.25) is 0 Å². The van der Waals surface area contributed by atoms with Crippen LogP contribution in [0.15, 0.2) is 12.2 Å². The molecule has 0 rings (SSSR count). The maximum atomic E-state index is 11.8. The number of unbranched alkanes of at least 4 members (excludes halogenated alkanes) is 1. The fraction of sp³-hybridized carbons (Fsp3) is 0.739. The van der Waals surface area contributed by atoms with Crippen LogP contribution >= 0.6 is 0 Å². The van der Waals surface area contributed by atoms with E-state index in [2.05, 4.69) is 22.5 Å². The van der Waals surface area contributed by atoms with Crippen molar-refractivity contribution in [1.29, 1.82) is 0 Å². The molecule has 4 N–H and O–H groups in total. The molecule has 3 amide bonds. The van der Waals surface area contributed by atoms with Crippen LogP contribution in [0.25, 0.3) is 0 Å². The summed E-state index contributed by atoms with van der Waals surface area (Å²) in [5.41, 5.74) is -0.271. The second-order valence-corrected chi connectivity index (χ2v) is 8.70. The van der Waals surface area contributed by atoms with E-state index < -0.39 is 23.7 Å². The molecule has 0 fully saturated rings. The second-order valence-electron chi connectivity index (χ2n) is 8.70. The minimum atomic E-state index is -1.14. The standard InChI is InChI=1S/C23H41N3O9/c1-17(2)20(28)25-10-11-32-12-13-33-14-15-34-16-19(27)24-9-7-6-8-18(21(29)30)26-22(31)35-23(3,4)5/h18H,1,6-16H2,2-5H3,(H,24,27)(H,25,28)(H,26,31)(H,29,30). The van der Waals surface area contributed by atoms with E-state index in [-0.39, 0.29) is 31.4 Å². The Kier molecular flexibility index (Phi) is 17.2. The van der Waals surface area contributed by atoms with Gasteiger partial charge in [-0.05, 0) is 47.0 Å². The van der Waals surface area contributed by atoms with Gasteiger partial charge in [0.25, 0.3) is 0 Å². The highest BCUT2D eigenvalue weighted by molar-refractivity contribution is 5.92. The zero-order chi connectivity index (χ0) is 26.7. The molecule has 0 aromatic heterocycles. The number of aliphatic carboxylic acids is 1. The van der Waals surface area contributed by atoms with E-state index in [1.54, 1.807) is 27.7 Å². The molecule has 0 spiro atoms. The van der Waals surface area contributed by atoms with E-state index in [1.165, 1.54) is 0 Å². The second kappa shape index (κ2) is 18.6. The minimum absolute atomic E-state index is 0.111. The Bertz CT molecular complexity index is 678. The van der Waals surface area contributed by atoms with Crippen molar-refractivity contribution >= 4 is 23.9 Å². The molecule has 12 heteroatoms. The summed E-state index contributed by atoms with van der Waals surface area (Å²) >= 11 is 0. The fourth-order valence-electron chi connectivity index (χ4n) is 2.45. The van der Waals surface area contributed by atoms with E-state index >= 15 is 0 Å². The van der Waals surface area contributed by atoms with Crippen LogP contribution in [0, 0.1) is 0 Å². The van der Waals surface area contributed by atoms with Gasteiger partial charge >= 0.3 is 12.1 Å². The quantitative estimate of drug-likeness (QED) is 0.149. The zero-order valence-corrected chi connectivity index (χ0v) is 21.3. The maximum absolute atomic E-state index is 11.8. The minimum Gasteiger partial charge on any atom is -0.480 e. The average molecular weight is 504 g/mol. The number of rotatable bonds is 19. The number of carbonyl (C=O) groups excluding carboxylic acids is 3. The highest BCUT2D eigenvalue weighted by Crippen LogP contribution is 2.08. The largest absolute Gasteiger partial charge is 0.480 e. The third-order valence-corrected chi connectivity index (χ3v) is 4.13. The molecule has 0 aromatic rings. The number of hydrogen-bond acceptors (Lipinski definition) is 8. The molecule has 12 nitrogen and oxygen atoms in total. The third-order valence-electron chi connectivity index (χ3n) is 4.13. The third kappa shape index (κ3) is 20.4. The lowest BCUT2D eigenvalue weighted by Gasteiger charge is -2.22. The number of nitrogens with one attached hydrogen (secondary N) is 3. The van der Waals surface area contributed by atoms with Crippen molar-refractivity contribution in [3.63, 3.8) is 0 Å². The van der Waals surface area contributed by atoms with Gasteiger partial charge in [0.15, 0.2) is 0 Å². The normalized spacial score (nSPS) is 11.9. The monoisotopic (exact) mass is 503 g/mol. The number of amides is 3. The molecule has 1 unspecified atom stereocenters. The zero-order valence-electron chi connectivity index (χ0n) is 21.3. The summed E-state index contributed by atoms with van der Waals surface area (Å²) in [6.07, 6.45) is 0.469. The van der Waals surface area contributed by atoms with Gasteiger partial charge in [-0.1, -0.05) is 6.58 Å². The van der Waals surface area contributed by atoms with Gasteiger partial charge < -0.3 is 40.0 Å². The van der Waals surface area contributed by atoms with Crippen molar-refractivity contribution in [2.75, 3.05) is 52.7 Å². The number of hydrogen-bond donors (Lipinski definition) is 4. The Hall–Kier alpha value is -2.70. The molecular formula is C23H41N3O9. The van der Waals surface area contributed by atoms with Crippen molar-refractivity contribution < 1.29 is 43.2 Å². The molecule has 0 aliphatic heterocycles. The Morgan fingerprint density at radius 3 is 2.06 bits per heavy atom. The summed E-state index contributed by atoms with van der Waals surface area (Å²) < 4.78 is 20.9. The summed E-state index contributed by atoms with van der Waals surface area (Å²) in [5.74, 6) is -1.63. The van der Waals surface area contributed by atoms with Gasteiger partial charge in [-0.25, -0.2) is 9.59 Å². The molecule has 1 atom stereocenters. The maximum Gasteiger partial charge on any atom is 0.408 e. The first-order valence-corrected chi connectivity index (χ1v) is 11.6. The smallest absolute Gasteiger partial charge is 0.408 e. The Balaban J connectivity index is 3.66. The van der Waals surface area contributed by atoms with Crippen molar-refractivity contribution in [2.45, 2.75) is 58.6 Å². The lowest BCUT2D eigenvalue weighted by molar-refractivity contribution is -0.139. The summed E-state index contributed by atoms with van der Waals surface area (Å²) in [4.78, 5) is 46.0. The highest BCUT2D eigenvalue weighted by atomic mass is 16.6. The van der Waals surface area contributed by atoms with Gasteiger partial charge in [0, 0.05) is 18.7 Å². The van der Waals surface area contributed by atoms with Crippen molar-refractivity contribution in [1.82, 2.24) is 16.0 Å². The molecule has 35 heavy (non-hydrogen) atoms. The summed E-state index contributed by atoms with van der Waals surface area (Å²) in [6.45, 7) is 12.6. The first kappa shape index (κ1) is 32.3. The first-order valence-electron chi connectivity index (χ1n) is 11.6. The number of alkyl carbamates (subject to hydrolysis) is 1. The van der Waals surface area contributed by atoms with Crippen LogP contribution in [0.5, 0.6) is 0 Å². The van der Waals surface area contributed by atoms with E-state index in [9.17, 15) is 24.3 Å². The Labute approximate surface area is 207 Å². The van der Waals surface area contributed by atoms with E-state index in [4.69, 9.17) is 18.9 Å². The van der Waals surface area contributed by atoms with Gasteiger partial charge in [-0.3, -0.25) is 9.59 Å². The molecule has 0 aliphatic rings. The molecule has 0 radical (unpaired) electrons. The summed E-state index contributed by atoms with van der Waals surface area (Å²) in [5, 5.41) is 16.9. The molecule has 0 saturated heterocycles.